The molecule has 0 fully saturated rings. The van der Waals surface area contributed by atoms with Gasteiger partial charge in [0, 0.05) is 12.8 Å². The van der Waals surface area contributed by atoms with Gasteiger partial charge in [0.15, 0.2) is 0 Å². The van der Waals surface area contributed by atoms with Crippen LogP contribution in [-0.4, -0.2) is 25.7 Å². The van der Waals surface area contributed by atoms with Crippen LogP contribution in [0.2, 0.25) is 0 Å². The Labute approximate surface area is 174 Å². The molecule has 0 aliphatic rings. The Balaban J connectivity index is 3.15. The molecule has 0 rings (SSSR count). The Morgan fingerprint density at radius 1 is 0.536 bits per heavy atom. The molecule has 0 aromatic rings. The fraction of sp³-hybridized carbons (Fsp3) is 0.917. The van der Waals surface area contributed by atoms with Gasteiger partial charge in [0.05, 0.1) is 13.7 Å². The molecule has 4 nitrogen and oxygen atoms in total. The molecular weight excluding hydrogens is 352 g/mol. The van der Waals surface area contributed by atoms with E-state index in [1.807, 2.05) is 0 Å². The summed E-state index contributed by atoms with van der Waals surface area (Å²) in [7, 11) is 1.38. The van der Waals surface area contributed by atoms with Gasteiger partial charge in [0.1, 0.15) is 0 Å². The molecule has 166 valence electrons. The number of unbranched alkanes of at least 4 members (excludes halogenated alkanes) is 15. The molecule has 0 radical (unpaired) electrons. The van der Waals surface area contributed by atoms with Crippen LogP contribution in [0.4, 0.5) is 0 Å². The number of methoxy groups -OCH3 is 1. The first-order chi connectivity index (χ1) is 13.7. The molecule has 0 atom stereocenters. The summed E-state index contributed by atoms with van der Waals surface area (Å²) < 4.78 is 9.80. The van der Waals surface area contributed by atoms with E-state index in [1.54, 1.807) is 0 Å². The Bertz CT molecular complexity index is 355. The van der Waals surface area contributed by atoms with E-state index in [1.165, 1.54) is 90.6 Å². The molecule has 0 aromatic heterocycles. The number of ether oxygens (including phenoxy) is 2. The van der Waals surface area contributed by atoms with Crippen molar-refractivity contribution < 1.29 is 19.1 Å². The van der Waals surface area contributed by atoms with E-state index in [0.717, 1.165) is 12.8 Å². The third-order valence-electron chi connectivity index (χ3n) is 5.25. The van der Waals surface area contributed by atoms with Gasteiger partial charge in [-0.05, 0) is 19.3 Å². The first-order valence-electron chi connectivity index (χ1n) is 11.9. The maximum absolute atomic E-state index is 11.6. The lowest BCUT2D eigenvalue weighted by atomic mass is 10.0. The monoisotopic (exact) mass is 398 g/mol. The van der Waals surface area contributed by atoms with Crippen LogP contribution in [0.15, 0.2) is 0 Å². The summed E-state index contributed by atoms with van der Waals surface area (Å²) >= 11 is 0. The molecule has 0 aliphatic carbocycles. The Kier molecular flexibility index (Phi) is 21.4. The van der Waals surface area contributed by atoms with Crippen LogP contribution in [0, 0.1) is 0 Å². The van der Waals surface area contributed by atoms with Crippen molar-refractivity contribution in [2.75, 3.05) is 13.7 Å². The molecule has 0 amide bonds. The summed E-state index contributed by atoms with van der Waals surface area (Å²) in [6, 6.07) is 0. The summed E-state index contributed by atoms with van der Waals surface area (Å²) in [5, 5.41) is 0. The number of hydrogen-bond donors (Lipinski definition) is 0. The third-order valence-corrected chi connectivity index (χ3v) is 5.25. The highest BCUT2D eigenvalue weighted by Crippen LogP contribution is 2.13. The second-order valence-corrected chi connectivity index (χ2v) is 7.95. The minimum atomic E-state index is -0.217. The fourth-order valence-corrected chi connectivity index (χ4v) is 3.37. The van der Waals surface area contributed by atoms with Gasteiger partial charge in [-0.3, -0.25) is 9.59 Å². The molecule has 0 saturated carbocycles. The summed E-state index contributed by atoms with van der Waals surface area (Å²) in [4.78, 5) is 22.5. The van der Waals surface area contributed by atoms with Crippen LogP contribution >= 0.6 is 0 Å². The number of rotatable bonds is 21. The summed E-state index contributed by atoms with van der Waals surface area (Å²) in [6.45, 7) is 2.81. The van der Waals surface area contributed by atoms with E-state index in [4.69, 9.17) is 4.74 Å². The highest BCUT2D eigenvalue weighted by Gasteiger charge is 2.05. The van der Waals surface area contributed by atoms with Gasteiger partial charge in [-0.1, -0.05) is 96.8 Å². The van der Waals surface area contributed by atoms with E-state index in [9.17, 15) is 9.59 Å². The zero-order valence-corrected chi connectivity index (χ0v) is 18.8. The highest BCUT2D eigenvalue weighted by atomic mass is 16.5. The second-order valence-electron chi connectivity index (χ2n) is 7.95. The molecule has 0 N–H and O–H groups in total. The zero-order valence-electron chi connectivity index (χ0n) is 18.8. The quantitative estimate of drug-likeness (QED) is 0.152. The van der Waals surface area contributed by atoms with E-state index in [0.29, 0.717) is 32.3 Å². The topological polar surface area (TPSA) is 52.6 Å². The SMILES string of the molecule is CCCCCCCCCCCCCCCCCOC(=O)CCCCC(=O)OC. The molecular formula is C24H46O4. The summed E-state index contributed by atoms with van der Waals surface area (Å²) in [5.74, 6) is -0.360. The Hall–Kier alpha value is -1.06. The average Bonchev–Trinajstić information content (AvgIpc) is 2.70. The molecule has 0 saturated heterocycles. The molecule has 0 heterocycles. The van der Waals surface area contributed by atoms with Gasteiger partial charge in [-0.2, -0.15) is 0 Å². The van der Waals surface area contributed by atoms with Gasteiger partial charge >= 0.3 is 11.9 Å². The second kappa shape index (κ2) is 22.2. The van der Waals surface area contributed by atoms with Crippen LogP contribution < -0.4 is 0 Å². The minimum Gasteiger partial charge on any atom is -0.469 e. The van der Waals surface area contributed by atoms with E-state index < -0.39 is 0 Å². The smallest absolute Gasteiger partial charge is 0.305 e. The lowest BCUT2D eigenvalue weighted by Gasteiger charge is -2.05. The van der Waals surface area contributed by atoms with Gasteiger partial charge in [-0.15, -0.1) is 0 Å². The predicted molar refractivity (Wildman–Crippen MR) is 116 cm³/mol. The largest absolute Gasteiger partial charge is 0.469 e. The van der Waals surface area contributed by atoms with E-state index in [2.05, 4.69) is 11.7 Å². The zero-order chi connectivity index (χ0) is 20.7. The number of esters is 2. The maximum Gasteiger partial charge on any atom is 0.305 e. The summed E-state index contributed by atoms with van der Waals surface area (Å²) in [6.07, 6.45) is 22.2. The lowest BCUT2D eigenvalue weighted by Crippen LogP contribution is -2.06. The molecule has 0 spiro atoms. The van der Waals surface area contributed by atoms with E-state index in [-0.39, 0.29) is 11.9 Å². The van der Waals surface area contributed by atoms with Crippen molar-refractivity contribution in [1.82, 2.24) is 0 Å². The molecule has 0 unspecified atom stereocenters. The van der Waals surface area contributed by atoms with Gasteiger partial charge < -0.3 is 9.47 Å². The Morgan fingerprint density at radius 3 is 1.36 bits per heavy atom. The molecule has 0 bridgehead atoms. The van der Waals surface area contributed by atoms with Crippen LogP contribution in [0.5, 0.6) is 0 Å². The van der Waals surface area contributed by atoms with Crippen LogP contribution in [0.3, 0.4) is 0 Å². The van der Waals surface area contributed by atoms with Crippen molar-refractivity contribution in [3.8, 4) is 0 Å². The number of carbonyl (C=O) groups is 2. The standard InChI is InChI=1S/C24H46O4/c1-3-4-5-6-7-8-9-10-11-12-13-14-15-16-19-22-28-24(26)21-18-17-20-23(25)27-2/h3-22H2,1-2H3. The molecule has 4 heteroatoms. The number of hydrogen-bond acceptors (Lipinski definition) is 4. The van der Waals surface area contributed by atoms with Crippen molar-refractivity contribution in [2.45, 2.75) is 129 Å². The van der Waals surface area contributed by atoms with Crippen molar-refractivity contribution >= 4 is 11.9 Å². The van der Waals surface area contributed by atoms with Gasteiger partial charge in [0.2, 0.25) is 0 Å². The molecule has 28 heavy (non-hydrogen) atoms. The summed E-state index contributed by atoms with van der Waals surface area (Å²) in [5.41, 5.74) is 0. The van der Waals surface area contributed by atoms with Gasteiger partial charge in [-0.25, -0.2) is 0 Å². The van der Waals surface area contributed by atoms with Crippen LogP contribution in [0.25, 0.3) is 0 Å². The van der Waals surface area contributed by atoms with Crippen LogP contribution in [-0.2, 0) is 19.1 Å². The van der Waals surface area contributed by atoms with E-state index >= 15 is 0 Å². The third kappa shape index (κ3) is 21.2. The minimum absolute atomic E-state index is 0.143. The average molecular weight is 399 g/mol. The van der Waals surface area contributed by atoms with Crippen molar-refractivity contribution in [3.63, 3.8) is 0 Å². The van der Waals surface area contributed by atoms with Crippen molar-refractivity contribution in [2.24, 2.45) is 0 Å². The van der Waals surface area contributed by atoms with Gasteiger partial charge in [0.25, 0.3) is 0 Å². The molecule has 0 aliphatic heterocycles. The van der Waals surface area contributed by atoms with Crippen molar-refractivity contribution in [1.29, 1.82) is 0 Å². The molecule has 0 aromatic carbocycles. The van der Waals surface area contributed by atoms with Crippen molar-refractivity contribution in [3.05, 3.63) is 0 Å². The first kappa shape index (κ1) is 26.9. The fourth-order valence-electron chi connectivity index (χ4n) is 3.37. The predicted octanol–water partition coefficient (Wildman–Crippen LogP) is 7.13. The lowest BCUT2D eigenvalue weighted by molar-refractivity contribution is -0.145. The normalized spacial score (nSPS) is 10.8. The highest BCUT2D eigenvalue weighted by molar-refractivity contribution is 5.70. The first-order valence-corrected chi connectivity index (χ1v) is 11.9. The maximum atomic E-state index is 11.6. The Morgan fingerprint density at radius 2 is 0.929 bits per heavy atom. The van der Waals surface area contributed by atoms with Crippen LogP contribution in [0.1, 0.15) is 129 Å². The number of carbonyl (C=O) groups excluding carboxylic acids is 2.